The number of aromatic nitrogens is 1. The zero-order valence-electron chi connectivity index (χ0n) is 16.4. The van der Waals surface area contributed by atoms with Crippen LogP contribution in [-0.4, -0.2) is 49.8 Å². The molecule has 1 aromatic carbocycles. The van der Waals surface area contributed by atoms with E-state index in [1.807, 2.05) is 6.07 Å². The molecule has 9 nitrogen and oxygen atoms in total. The number of hydrogen-bond donors (Lipinski definition) is 1. The van der Waals surface area contributed by atoms with E-state index in [-0.39, 0.29) is 29.8 Å². The van der Waals surface area contributed by atoms with E-state index in [9.17, 15) is 18.0 Å². The predicted octanol–water partition coefficient (Wildman–Crippen LogP) is 2.15. The molecule has 1 amide bonds. The Balaban J connectivity index is 1.61. The fourth-order valence-electron chi connectivity index (χ4n) is 3.15. The monoisotopic (exact) mass is 448 g/mol. The highest BCUT2D eigenvalue weighted by Gasteiger charge is 2.32. The summed E-state index contributed by atoms with van der Waals surface area (Å²) in [5.41, 5.74) is 0.864. The van der Waals surface area contributed by atoms with Gasteiger partial charge < -0.3 is 10.1 Å². The molecule has 1 aromatic heterocycles. The maximum Gasteiger partial charge on any atom is 0.350 e. The minimum absolute atomic E-state index is 0.123. The van der Waals surface area contributed by atoms with Crippen molar-refractivity contribution in [3.05, 3.63) is 40.4 Å². The number of nitriles is 1. The predicted molar refractivity (Wildman–Crippen MR) is 109 cm³/mol. The Labute approximate surface area is 178 Å². The number of methoxy groups -OCH3 is 1. The number of aryl methyl sites for hydroxylation is 1. The molecule has 0 bridgehead atoms. The van der Waals surface area contributed by atoms with E-state index in [0.29, 0.717) is 34.1 Å². The van der Waals surface area contributed by atoms with Crippen LogP contribution in [0.3, 0.4) is 0 Å². The van der Waals surface area contributed by atoms with Gasteiger partial charge in [-0.05, 0) is 44.0 Å². The highest BCUT2D eigenvalue weighted by atomic mass is 32.2. The summed E-state index contributed by atoms with van der Waals surface area (Å²) in [6.45, 7) is 2.08. The van der Waals surface area contributed by atoms with Gasteiger partial charge in [-0.2, -0.15) is 9.57 Å². The van der Waals surface area contributed by atoms with Gasteiger partial charge in [0.2, 0.25) is 15.9 Å². The highest BCUT2D eigenvalue weighted by molar-refractivity contribution is 7.89. The molecule has 0 atom stereocenters. The minimum Gasteiger partial charge on any atom is -0.465 e. The lowest BCUT2D eigenvalue weighted by Crippen LogP contribution is -2.41. The van der Waals surface area contributed by atoms with Crippen LogP contribution >= 0.6 is 11.3 Å². The smallest absolute Gasteiger partial charge is 0.350 e. The third-order valence-electron chi connectivity index (χ3n) is 4.84. The van der Waals surface area contributed by atoms with Crippen molar-refractivity contribution >= 4 is 38.4 Å². The number of amides is 1. The largest absolute Gasteiger partial charge is 0.465 e. The number of hydrogen-bond acceptors (Lipinski definition) is 8. The van der Waals surface area contributed by atoms with Crippen LogP contribution in [0.25, 0.3) is 0 Å². The first kappa shape index (κ1) is 21.9. The van der Waals surface area contributed by atoms with Crippen LogP contribution < -0.4 is 5.32 Å². The number of piperidine rings is 1. The van der Waals surface area contributed by atoms with Gasteiger partial charge in [0.05, 0.1) is 29.3 Å². The lowest BCUT2D eigenvalue weighted by atomic mass is 9.97. The minimum atomic E-state index is -3.68. The molecular formula is C19H20N4O5S2. The summed E-state index contributed by atoms with van der Waals surface area (Å²) in [5.74, 6) is -1.12. The first-order chi connectivity index (χ1) is 14.3. The van der Waals surface area contributed by atoms with Crippen molar-refractivity contribution in [3.8, 4) is 6.07 Å². The topological polar surface area (TPSA) is 129 Å². The fraction of sp³-hybridized carbons (Fsp3) is 0.368. The van der Waals surface area contributed by atoms with Crippen LogP contribution in [0.4, 0.5) is 5.13 Å². The standard InChI is InChI=1S/C19H20N4O5S2/c1-12-16(18(25)28-2)29-19(21-12)22-17(24)14-7-9-23(10-8-14)30(26,27)15-5-3-13(11-20)4-6-15/h3-6,14H,7-10H2,1-2H3,(H,21,22,24). The first-order valence-corrected chi connectivity index (χ1v) is 11.4. The van der Waals surface area contributed by atoms with Crippen LogP contribution in [0.1, 0.15) is 33.8 Å². The van der Waals surface area contributed by atoms with E-state index in [1.54, 1.807) is 6.92 Å². The van der Waals surface area contributed by atoms with E-state index in [0.717, 1.165) is 11.3 Å². The molecule has 11 heteroatoms. The van der Waals surface area contributed by atoms with Crippen molar-refractivity contribution in [2.75, 3.05) is 25.5 Å². The molecule has 1 N–H and O–H groups in total. The SMILES string of the molecule is COC(=O)c1sc(NC(=O)C2CCN(S(=O)(=O)c3ccc(C#N)cc3)CC2)nc1C. The molecule has 0 spiro atoms. The zero-order chi connectivity index (χ0) is 21.9. The molecule has 1 saturated heterocycles. The molecule has 0 aliphatic carbocycles. The number of nitrogens with one attached hydrogen (secondary N) is 1. The summed E-state index contributed by atoms with van der Waals surface area (Å²) in [6, 6.07) is 7.71. The number of rotatable bonds is 5. The molecule has 2 aromatic rings. The number of benzene rings is 1. The van der Waals surface area contributed by atoms with Gasteiger partial charge in [-0.25, -0.2) is 18.2 Å². The van der Waals surface area contributed by atoms with Crippen LogP contribution in [0, 0.1) is 24.2 Å². The van der Waals surface area contributed by atoms with Gasteiger partial charge in [0.1, 0.15) is 4.88 Å². The number of thiazole rings is 1. The lowest BCUT2D eigenvalue weighted by Gasteiger charge is -2.30. The van der Waals surface area contributed by atoms with E-state index >= 15 is 0 Å². The molecule has 2 heterocycles. The Bertz CT molecular complexity index is 1090. The third-order valence-corrected chi connectivity index (χ3v) is 7.81. The number of sulfonamides is 1. The average molecular weight is 449 g/mol. The van der Waals surface area contributed by atoms with E-state index in [2.05, 4.69) is 15.0 Å². The Morgan fingerprint density at radius 2 is 1.90 bits per heavy atom. The van der Waals surface area contributed by atoms with Crippen molar-refractivity contribution < 1.29 is 22.7 Å². The van der Waals surface area contributed by atoms with Crippen molar-refractivity contribution in [2.45, 2.75) is 24.7 Å². The van der Waals surface area contributed by atoms with Gasteiger partial charge in [0.15, 0.2) is 5.13 Å². The lowest BCUT2D eigenvalue weighted by molar-refractivity contribution is -0.120. The van der Waals surface area contributed by atoms with Crippen molar-refractivity contribution in [2.24, 2.45) is 5.92 Å². The summed E-state index contributed by atoms with van der Waals surface area (Å²) in [6.07, 6.45) is 0.741. The first-order valence-electron chi connectivity index (χ1n) is 9.13. The van der Waals surface area contributed by atoms with Crippen molar-refractivity contribution in [1.29, 1.82) is 5.26 Å². The van der Waals surface area contributed by atoms with Crippen LogP contribution in [0.5, 0.6) is 0 Å². The molecule has 1 aliphatic rings. The van der Waals surface area contributed by atoms with Crippen LogP contribution in [0.2, 0.25) is 0 Å². The number of esters is 1. The summed E-state index contributed by atoms with van der Waals surface area (Å²) in [4.78, 5) is 28.9. The second kappa shape index (κ2) is 8.91. The summed E-state index contributed by atoms with van der Waals surface area (Å²) < 4.78 is 31.6. The van der Waals surface area contributed by atoms with E-state index in [4.69, 9.17) is 5.26 Å². The molecule has 1 aliphatic heterocycles. The Hall–Kier alpha value is -2.81. The second-order valence-electron chi connectivity index (χ2n) is 6.73. The highest BCUT2D eigenvalue weighted by Crippen LogP contribution is 2.27. The summed E-state index contributed by atoms with van der Waals surface area (Å²) in [7, 11) is -2.40. The molecule has 30 heavy (non-hydrogen) atoms. The Morgan fingerprint density at radius 1 is 1.27 bits per heavy atom. The molecule has 0 radical (unpaired) electrons. The molecule has 0 unspecified atom stereocenters. The fourth-order valence-corrected chi connectivity index (χ4v) is 5.51. The van der Waals surface area contributed by atoms with Gasteiger partial charge in [-0.15, -0.1) is 0 Å². The van der Waals surface area contributed by atoms with Crippen molar-refractivity contribution in [3.63, 3.8) is 0 Å². The maximum atomic E-state index is 12.8. The quantitative estimate of drug-likeness (QED) is 0.694. The number of nitrogens with zero attached hydrogens (tertiary/aromatic N) is 3. The Morgan fingerprint density at radius 3 is 2.47 bits per heavy atom. The number of anilines is 1. The van der Waals surface area contributed by atoms with Crippen LogP contribution in [0.15, 0.2) is 29.2 Å². The molecular weight excluding hydrogens is 428 g/mol. The Kier molecular flexibility index (Phi) is 6.50. The number of carbonyl (C=O) groups is 2. The molecule has 158 valence electrons. The number of carbonyl (C=O) groups excluding carboxylic acids is 2. The van der Waals surface area contributed by atoms with E-state index < -0.39 is 16.0 Å². The molecule has 3 rings (SSSR count). The van der Waals surface area contributed by atoms with Gasteiger partial charge in [0.25, 0.3) is 0 Å². The normalized spacial score (nSPS) is 15.4. The van der Waals surface area contributed by atoms with Gasteiger partial charge in [-0.3, -0.25) is 4.79 Å². The van der Waals surface area contributed by atoms with Gasteiger partial charge in [-0.1, -0.05) is 11.3 Å². The molecule has 0 saturated carbocycles. The van der Waals surface area contributed by atoms with Gasteiger partial charge >= 0.3 is 5.97 Å². The van der Waals surface area contributed by atoms with Gasteiger partial charge in [0, 0.05) is 19.0 Å². The number of ether oxygens (including phenoxy) is 1. The average Bonchev–Trinajstić information content (AvgIpc) is 3.13. The zero-order valence-corrected chi connectivity index (χ0v) is 18.0. The summed E-state index contributed by atoms with van der Waals surface area (Å²) >= 11 is 1.04. The van der Waals surface area contributed by atoms with E-state index in [1.165, 1.54) is 35.7 Å². The third kappa shape index (κ3) is 4.51. The van der Waals surface area contributed by atoms with Crippen molar-refractivity contribution in [1.82, 2.24) is 9.29 Å². The van der Waals surface area contributed by atoms with Crippen LogP contribution in [-0.2, 0) is 19.6 Å². The molecule has 1 fully saturated rings. The maximum absolute atomic E-state index is 12.8. The summed E-state index contributed by atoms with van der Waals surface area (Å²) in [5, 5.41) is 11.9. The second-order valence-corrected chi connectivity index (χ2v) is 9.67.